The zero-order valence-corrected chi connectivity index (χ0v) is 17.5. The maximum atomic E-state index is 13.0. The average molecular weight is 452 g/mol. The molecule has 0 spiro atoms. The van der Waals surface area contributed by atoms with Crippen molar-refractivity contribution in [3.63, 3.8) is 0 Å². The van der Waals surface area contributed by atoms with Gasteiger partial charge >= 0.3 is 6.18 Å². The van der Waals surface area contributed by atoms with E-state index in [0.29, 0.717) is 40.1 Å². The standard InChI is InChI=1S/C24H19F3N4O2/c1-14-8-9-18(33-14)11-20-19(22(28)32)6-3-7-21(20)31-23-29-12-16(13-30-23)15-4-2-5-17(10-15)24(25,26)27/h2-10,12-13H,11H2,1H3,(H2,28,32)(H,29,30,31). The zero-order valence-electron chi connectivity index (χ0n) is 17.5. The van der Waals surface area contributed by atoms with Gasteiger partial charge in [0.05, 0.1) is 5.56 Å². The molecule has 168 valence electrons. The van der Waals surface area contributed by atoms with Crippen molar-refractivity contribution in [2.45, 2.75) is 19.5 Å². The fourth-order valence-electron chi connectivity index (χ4n) is 3.42. The number of carbonyl (C=O) groups is 1. The SMILES string of the molecule is Cc1ccc(Cc2c(Nc3ncc(-c4cccc(C(F)(F)F)c4)cn3)cccc2C(N)=O)o1. The van der Waals surface area contributed by atoms with Crippen molar-refractivity contribution in [3.05, 3.63) is 95.2 Å². The molecule has 1 amide bonds. The number of anilines is 2. The van der Waals surface area contributed by atoms with Gasteiger partial charge in [0, 0.05) is 35.6 Å². The molecule has 0 unspecified atom stereocenters. The van der Waals surface area contributed by atoms with Crippen LogP contribution in [0.15, 0.2) is 71.4 Å². The Bertz CT molecular complexity index is 1300. The van der Waals surface area contributed by atoms with Crippen molar-refractivity contribution in [3.8, 4) is 11.1 Å². The molecule has 3 N–H and O–H groups in total. The molecule has 2 heterocycles. The highest BCUT2D eigenvalue weighted by Gasteiger charge is 2.30. The van der Waals surface area contributed by atoms with E-state index in [1.165, 1.54) is 18.5 Å². The quantitative estimate of drug-likeness (QED) is 0.403. The molecule has 33 heavy (non-hydrogen) atoms. The summed E-state index contributed by atoms with van der Waals surface area (Å²) in [7, 11) is 0. The summed E-state index contributed by atoms with van der Waals surface area (Å²) in [6.45, 7) is 1.82. The van der Waals surface area contributed by atoms with Gasteiger partial charge in [-0.3, -0.25) is 4.79 Å². The van der Waals surface area contributed by atoms with Gasteiger partial charge in [0.25, 0.3) is 0 Å². The predicted octanol–water partition coefficient (Wildman–Crippen LogP) is 5.50. The van der Waals surface area contributed by atoms with Crippen molar-refractivity contribution < 1.29 is 22.4 Å². The molecule has 2 aromatic heterocycles. The lowest BCUT2D eigenvalue weighted by atomic mass is 10.0. The third kappa shape index (κ3) is 5.03. The number of benzene rings is 2. The summed E-state index contributed by atoms with van der Waals surface area (Å²) in [6.07, 6.45) is -1.26. The van der Waals surface area contributed by atoms with E-state index in [4.69, 9.17) is 10.2 Å². The van der Waals surface area contributed by atoms with Crippen LogP contribution in [-0.4, -0.2) is 15.9 Å². The number of aryl methyl sites for hydroxylation is 1. The van der Waals surface area contributed by atoms with E-state index < -0.39 is 17.6 Å². The number of nitrogens with one attached hydrogen (secondary N) is 1. The molecule has 4 rings (SSSR count). The Morgan fingerprint density at radius 2 is 1.76 bits per heavy atom. The highest BCUT2D eigenvalue weighted by molar-refractivity contribution is 5.96. The van der Waals surface area contributed by atoms with Crippen LogP contribution in [0, 0.1) is 6.92 Å². The van der Waals surface area contributed by atoms with Crippen molar-refractivity contribution >= 4 is 17.5 Å². The molecule has 0 bridgehead atoms. The number of aromatic nitrogens is 2. The van der Waals surface area contributed by atoms with Gasteiger partial charge in [-0.25, -0.2) is 9.97 Å². The maximum Gasteiger partial charge on any atom is 0.416 e. The number of hydrogen-bond donors (Lipinski definition) is 2. The van der Waals surface area contributed by atoms with Crippen LogP contribution in [-0.2, 0) is 12.6 Å². The second-order valence-corrected chi connectivity index (χ2v) is 7.38. The van der Waals surface area contributed by atoms with Crippen LogP contribution in [0.4, 0.5) is 24.8 Å². The Labute approximate surface area is 187 Å². The van der Waals surface area contributed by atoms with Gasteiger partial charge in [0.15, 0.2) is 0 Å². The molecule has 0 radical (unpaired) electrons. The van der Waals surface area contributed by atoms with Gasteiger partial charge in [0.1, 0.15) is 11.5 Å². The Morgan fingerprint density at radius 3 is 2.39 bits per heavy atom. The number of primary amides is 1. The Kier molecular flexibility index (Phi) is 5.87. The Morgan fingerprint density at radius 1 is 1.03 bits per heavy atom. The van der Waals surface area contributed by atoms with E-state index in [1.54, 1.807) is 24.3 Å². The van der Waals surface area contributed by atoms with E-state index in [2.05, 4.69) is 15.3 Å². The van der Waals surface area contributed by atoms with E-state index in [1.807, 2.05) is 19.1 Å². The van der Waals surface area contributed by atoms with Gasteiger partial charge in [-0.05, 0) is 54.4 Å². The summed E-state index contributed by atoms with van der Waals surface area (Å²) in [4.78, 5) is 20.4. The van der Waals surface area contributed by atoms with Gasteiger partial charge < -0.3 is 15.5 Å². The average Bonchev–Trinajstić information content (AvgIpc) is 3.19. The van der Waals surface area contributed by atoms with Crippen LogP contribution in [0.25, 0.3) is 11.1 Å². The van der Waals surface area contributed by atoms with Crippen LogP contribution >= 0.6 is 0 Å². The molecular formula is C24H19F3N4O2. The van der Waals surface area contributed by atoms with E-state index >= 15 is 0 Å². The summed E-state index contributed by atoms with van der Waals surface area (Å²) in [5.41, 5.74) is 7.10. The minimum atomic E-state index is -4.44. The van der Waals surface area contributed by atoms with Crippen LogP contribution in [0.5, 0.6) is 0 Å². The molecule has 9 heteroatoms. The number of rotatable bonds is 6. The third-order valence-electron chi connectivity index (χ3n) is 5.01. The van der Waals surface area contributed by atoms with Crippen molar-refractivity contribution in [2.24, 2.45) is 5.73 Å². The summed E-state index contributed by atoms with van der Waals surface area (Å²) in [6, 6.07) is 13.6. The molecular weight excluding hydrogens is 433 g/mol. The molecule has 0 aliphatic heterocycles. The molecule has 0 saturated heterocycles. The fourth-order valence-corrected chi connectivity index (χ4v) is 3.42. The van der Waals surface area contributed by atoms with Crippen molar-refractivity contribution in [2.75, 3.05) is 5.32 Å². The summed E-state index contributed by atoms with van der Waals surface area (Å²) in [5, 5.41) is 3.06. The second-order valence-electron chi connectivity index (χ2n) is 7.38. The number of nitrogens with two attached hydrogens (primary N) is 1. The predicted molar refractivity (Wildman–Crippen MR) is 117 cm³/mol. The summed E-state index contributed by atoms with van der Waals surface area (Å²) in [5.74, 6) is 1.02. The smallest absolute Gasteiger partial charge is 0.416 e. The van der Waals surface area contributed by atoms with Crippen LogP contribution < -0.4 is 11.1 Å². The largest absolute Gasteiger partial charge is 0.466 e. The minimum absolute atomic E-state index is 0.212. The molecule has 0 aliphatic carbocycles. The van der Waals surface area contributed by atoms with E-state index in [0.717, 1.165) is 17.9 Å². The zero-order chi connectivity index (χ0) is 23.6. The monoisotopic (exact) mass is 452 g/mol. The highest BCUT2D eigenvalue weighted by Crippen LogP contribution is 2.32. The Balaban J connectivity index is 1.62. The Hall–Kier alpha value is -4.14. The first-order chi connectivity index (χ1) is 15.7. The number of nitrogens with zero attached hydrogens (tertiary/aromatic N) is 2. The fraction of sp³-hybridized carbons (Fsp3) is 0.125. The molecule has 4 aromatic rings. The van der Waals surface area contributed by atoms with Gasteiger partial charge in [-0.15, -0.1) is 0 Å². The van der Waals surface area contributed by atoms with E-state index in [-0.39, 0.29) is 5.95 Å². The lowest BCUT2D eigenvalue weighted by Crippen LogP contribution is -2.15. The topological polar surface area (TPSA) is 94.0 Å². The molecule has 6 nitrogen and oxygen atoms in total. The third-order valence-corrected chi connectivity index (χ3v) is 5.01. The minimum Gasteiger partial charge on any atom is -0.466 e. The normalized spacial score (nSPS) is 11.4. The first-order valence-corrected chi connectivity index (χ1v) is 9.94. The molecule has 0 aliphatic rings. The number of halogens is 3. The van der Waals surface area contributed by atoms with Crippen molar-refractivity contribution in [1.82, 2.24) is 9.97 Å². The first kappa shape index (κ1) is 22.1. The van der Waals surface area contributed by atoms with E-state index in [9.17, 15) is 18.0 Å². The van der Waals surface area contributed by atoms with Crippen LogP contribution in [0.2, 0.25) is 0 Å². The highest BCUT2D eigenvalue weighted by atomic mass is 19.4. The molecule has 2 aromatic carbocycles. The van der Waals surface area contributed by atoms with Crippen LogP contribution in [0.1, 0.15) is 33.0 Å². The van der Waals surface area contributed by atoms with Crippen LogP contribution in [0.3, 0.4) is 0 Å². The first-order valence-electron chi connectivity index (χ1n) is 9.94. The molecule has 0 saturated carbocycles. The molecule has 0 fully saturated rings. The number of alkyl halides is 3. The number of hydrogen-bond acceptors (Lipinski definition) is 5. The lowest BCUT2D eigenvalue weighted by molar-refractivity contribution is -0.137. The van der Waals surface area contributed by atoms with Gasteiger partial charge in [-0.1, -0.05) is 18.2 Å². The summed E-state index contributed by atoms with van der Waals surface area (Å²) < 4.78 is 44.6. The van der Waals surface area contributed by atoms with Gasteiger partial charge in [-0.2, -0.15) is 13.2 Å². The maximum absolute atomic E-state index is 13.0. The lowest BCUT2D eigenvalue weighted by Gasteiger charge is -2.14. The number of amides is 1. The van der Waals surface area contributed by atoms with Gasteiger partial charge in [0.2, 0.25) is 11.9 Å². The number of carbonyl (C=O) groups excluding carboxylic acids is 1. The summed E-state index contributed by atoms with van der Waals surface area (Å²) >= 11 is 0. The molecule has 0 atom stereocenters. The van der Waals surface area contributed by atoms with Crippen molar-refractivity contribution in [1.29, 1.82) is 0 Å². The number of furan rings is 1. The second kappa shape index (κ2) is 8.78.